The normalized spacial score (nSPS) is 18.2. The highest BCUT2D eigenvalue weighted by Gasteiger charge is 2.22. The molecule has 0 radical (unpaired) electrons. The minimum atomic E-state index is -0.0374. The fourth-order valence-electron chi connectivity index (χ4n) is 3.19. The first-order valence-electron chi connectivity index (χ1n) is 9.31. The molecule has 1 aliphatic carbocycles. The van der Waals surface area contributed by atoms with Gasteiger partial charge in [0.25, 0.3) is 0 Å². The highest BCUT2D eigenvalue weighted by Crippen LogP contribution is 2.30. The van der Waals surface area contributed by atoms with E-state index >= 15 is 0 Å². The van der Waals surface area contributed by atoms with Gasteiger partial charge in [-0.2, -0.15) is 5.10 Å². The van der Waals surface area contributed by atoms with Gasteiger partial charge in [0, 0.05) is 38.7 Å². The van der Waals surface area contributed by atoms with E-state index in [1.807, 2.05) is 15.8 Å². The van der Waals surface area contributed by atoms with E-state index in [1.165, 1.54) is 25.7 Å². The Morgan fingerprint density at radius 2 is 1.88 bits per heavy atom. The van der Waals surface area contributed by atoms with Crippen molar-refractivity contribution < 1.29 is 9.59 Å². The second kappa shape index (κ2) is 8.31. The summed E-state index contributed by atoms with van der Waals surface area (Å²) in [6.45, 7) is 2.70. The molecule has 0 bridgehead atoms. The maximum atomic E-state index is 12.2. The Labute approximate surface area is 143 Å². The Morgan fingerprint density at radius 1 is 1.12 bits per heavy atom. The second-order valence-corrected chi connectivity index (χ2v) is 7.09. The zero-order valence-electron chi connectivity index (χ0n) is 14.4. The van der Waals surface area contributed by atoms with Gasteiger partial charge < -0.3 is 10.2 Å². The van der Waals surface area contributed by atoms with Crippen LogP contribution >= 0.6 is 0 Å². The molecule has 2 amide bonds. The average Bonchev–Trinajstić information content (AvgIpc) is 3.32. The number of nitrogens with one attached hydrogen (secondary N) is 1. The molecule has 0 aromatic carbocycles. The average molecular weight is 332 g/mol. The molecule has 6 heteroatoms. The Bertz CT molecular complexity index is 557. The van der Waals surface area contributed by atoms with Gasteiger partial charge in [-0.1, -0.05) is 12.8 Å². The molecular weight excluding hydrogens is 304 g/mol. The fraction of sp³-hybridized carbons (Fsp3) is 0.722. The Balaban J connectivity index is 1.34. The summed E-state index contributed by atoms with van der Waals surface area (Å²) in [5.41, 5.74) is 0.750. The van der Waals surface area contributed by atoms with Crippen molar-refractivity contribution in [1.82, 2.24) is 14.7 Å². The maximum absolute atomic E-state index is 12.2. The van der Waals surface area contributed by atoms with E-state index in [0.29, 0.717) is 19.3 Å². The number of amides is 2. The number of hydrogen-bond donors (Lipinski definition) is 1. The van der Waals surface area contributed by atoms with Crippen LogP contribution in [-0.4, -0.2) is 39.6 Å². The van der Waals surface area contributed by atoms with Gasteiger partial charge in [0.05, 0.1) is 11.9 Å². The lowest BCUT2D eigenvalue weighted by molar-refractivity contribution is -0.131. The summed E-state index contributed by atoms with van der Waals surface area (Å²) >= 11 is 0. The number of nitrogens with zero attached hydrogens (tertiary/aromatic N) is 3. The van der Waals surface area contributed by atoms with Crippen LogP contribution in [0.5, 0.6) is 0 Å². The maximum Gasteiger partial charge on any atom is 0.224 e. The van der Waals surface area contributed by atoms with Crippen molar-refractivity contribution in [3.8, 4) is 0 Å². The lowest BCUT2D eigenvalue weighted by Gasteiger charge is -2.20. The molecule has 24 heavy (non-hydrogen) atoms. The van der Waals surface area contributed by atoms with Crippen LogP contribution in [0.4, 0.5) is 5.69 Å². The molecule has 0 spiro atoms. The van der Waals surface area contributed by atoms with Gasteiger partial charge in [-0.25, -0.2) is 0 Å². The summed E-state index contributed by atoms with van der Waals surface area (Å²) in [5, 5.41) is 7.14. The molecule has 2 heterocycles. The molecule has 2 fully saturated rings. The molecule has 3 rings (SSSR count). The third kappa shape index (κ3) is 5.35. The van der Waals surface area contributed by atoms with Crippen molar-refractivity contribution in [3.05, 3.63) is 12.4 Å². The van der Waals surface area contributed by atoms with Crippen molar-refractivity contribution >= 4 is 17.5 Å². The first kappa shape index (κ1) is 17.0. The zero-order chi connectivity index (χ0) is 16.8. The molecular formula is C18H28N4O2. The van der Waals surface area contributed by atoms with Gasteiger partial charge >= 0.3 is 0 Å². The molecule has 1 aromatic heterocycles. The largest absolute Gasteiger partial charge is 0.343 e. The van der Waals surface area contributed by atoms with Crippen LogP contribution in [0.25, 0.3) is 0 Å². The summed E-state index contributed by atoms with van der Waals surface area (Å²) in [6.07, 6.45) is 12.3. The smallest absolute Gasteiger partial charge is 0.224 e. The van der Waals surface area contributed by atoms with Crippen molar-refractivity contribution in [3.63, 3.8) is 0 Å². The molecule has 0 atom stereocenters. The van der Waals surface area contributed by atoms with E-state index in [4.69, 9.17) is 0 Å². The van der Waals surface area contributed by atoms with Crippen molar-refractivity contribution in [2.75, 3.05) is 18.4 Å². The van der Waals surface area contributed by atoms with Gasteiger partial charge in [-0.3, -0.25) is 14.3 Å². The Hall–Kier alpha value is -1.85. The van der Waals surface area contributed by atoms with Crippen LogP contribution in [-0.2, 0) is 16.1 Å². The van der Waals surface area contributed by atoms with Crippen molar-refractivity contribution in [1.29, 1.82) is 0 Å². The number of rotatable bonds is 7. The van der Waals surface area contributed by atoms with Gasteiger partial charge in [0.2, 0.25) is 11.8 Å². The minimum absolute atomic E-state index is 0.0374. The molecule has 1 aliphatic heterocycles. The van der Waals surface area contributed by atoms with Crippen LogP contribution in [0.3, 0.4) is 0 Å². The van der Waals surface area contributed by atoms with Crippen LogP contribution < -0.4 is 5.32 Å². The van der Waals surface area contributed by atoms with Gasteiger partial charge in [-0.05, 0) is 38.0 Å². The highest BCUT2D eigenvalue weighted by molar-refractivity contribution is 5.90. The number of anilines is 1. The highest BCUT2D eigenvalue weighted by atomic mass is 16.2. The predicted molar refractivity (Wildman–Crippen MR) is 92.5 cm³/mol. The van der Waals surface area contributed by atoms with E-state index in [2.05, 4.69) is 10.4 Å². The molecule has 1 aromatic rings. The minimum Gasteiger partial charge on any atom is -0.343 e. The molecule has 1 saturated heterocycles. The Kier molecular flexibility index (Phi) is 5.88. The zero-order valence-corrected chi connectivity index (χ0v) is 14.4. The summed E-state index contributed by atoms with van der Waals surface area (Å²) in [5.74, 6) is 0.921. The number of aromatic nitrogens is 2. The van der Waals surface area contributed by atoms with E-state index in [1.54, 1.807) is 6.20 Å². The molecule has 2 aliphatic rings. The molecule has 6 nitrogen and oxygen atoms in total. The lowest BCUT2D eigenvalue weighted by Crippen LogP contribution is -2.31. The third-order valence-corrected chi connectivity index (χ3v) is 4.81. The van der Waals surface area contributed by atoms with Gasteiger partial charge in [0.15, 0.2) is 0 Å². The van der Waals surface area contributed by atoms with Crippen LogP contribution in [0.1, 0.15) is 57.8 Å². The summed E-state index contributed by atoms with van der Waals surface area (Å²) in [6, 6.07) is 0. The summed E-state index contributed by atoms with van der Waals surface area (Å²) in [7, 11) is 0. The number of carbonyl (C=O) groups excluding carboxylic acids is 2. The third-order valence-electron chi connectivity index (χ3n) is 4.81. The lowest BCUT2D eigenvalue weighted by atomic mass is 10.2. The number of likely N-dealkylation sites (tertiary alicyclic amines) is 1. The van der Waals surface area contributed by atoms with E-state index < -0.39 is 0 Å². The second-order valence-electron chi connectivity index (χ2n) is 7.09. The fourth-order valence-corrected chi connectivity index (χ4v) is 3.19. The van der Waals surface area contributed by atoms with Crippen LogP contribution in [0.15, 0.2) is 12.4 Å². The summed E-state index contributed by atoms with van der Waals surface area (Å²) < 4.78 is 1.90. The van der Waals surface area contributed by atoms with E-state index in [-0.39, 0.29) is 11.8 Å². The van der Waals surface area contributed by atoms with Crippen LogP contribution in [0, 0.1) is 5.92 Å². The van der Waals surface area contributed by atoms with Crippen molar-refractivity contribution in [2.45, 2.75) is 64.3 Å². The van der Waals surface area contributed by atoms with Gasteiger partial charge in [0.1, 0.15) is 0 Å². The first-order chi connectivity index (χ1) is 11.7. The number of carbonyl (C=O) groups is 2. The number of hydrogen-bond acceptors (Lipinski definition) is 3. The van der Waals surface area contributed by atoms with Crippen molar-refractivity contribution in [2.24, 2.45) is 5.92 Å². The molecule has 1 N–H and O–H groups in total. The van der Waals surface area contributed by atoms with Crippen LogP contribution in [0.2, 0.25) is 0 Å². The van der Waals surface area contributed by atoms with E-state index in [9.17, 15) is 9.59 Å². The molecule has 132 valence electrons. The standard InChI is InChI=1S/C18H28N4O2/c23-17(20-16-12-19-22(14-16)13-15-8-9-15)6-5-7-18(24)21-10-3-1-2-4-11-21/h12,14-15H,1-11,13H2,(H,20,23). The monoisotopic (exact) mass is 332 g/mol. The topological polar surface area (TPSA) is 67.2 Å². The molecule has 1 saturated carbocycles. The quantitative estimate of drug-likeness (QED) is 0.835. The predicted octanol–water partition coefficient (Wildman–Crippen LogP) is 2.80. The first-order valence-corrected chi connectivity index (χ1v) is 9.31. The van der Waals surface area contributed by atoms with E-state index in [0.717, 1.165) is 44.1 Å². The SMILES string of the molecule is O=C(CCCC(=O)N1CCCCCC1)Nc1cnn(CC2CC2)c1. The molecule has 0 unspecified atom stereocenters. The van der Waals surface area contributed by atoms with Gasteiger partial charge in [-0.15, -0.1) is 0 Å². The Morgan fingerprint density at radius 3 is 2.58 bits per heavy atom. The summed E-state index contributed by atoms with van der Waals surface area (Å²) in [4.78, 5) is 26.1.